The van der Waals surface area contributed by atoms with Gasteiger partial charge >= 0.3 is 0 Å². The van der Waals surface area contributed by atoms with Crippen molar-refractivity contribution in [3.63, 3.8) is 0 Å². The van der Waals surface area contributed by atoms with Crippen LogP contribution in [0.15, 0.2) is 54.6 Å². The highest BCUT2D eigenvalue weighted by Gasteiger charge is 2.04. The van der Waals surface area contributed by atoms with Crippen molar-refractivity contribution in [3.8, 4) is 0 Å². The average molecular weight is 240 g/mol. The lowest BCUT2D eigenvalue weighted by atomic mass is 10.1. The van der Waals surface area contributed by atoms with E-state index in [4.69, 9.17) is 5.73 Å². The van der Waals surface area contributed by atoms with Gasteiger partial charge in [0.2, 0.25) is 0 Å². The Balaban J connectivity index is 1.99. The zero-order valence-electron chi connectivity index (χ0n) is 10.8. The van der Waals surface area contributed by atoms with E-state index >= 15 is 0 Å². The third-order valence-electron chi connectivity index (χ3n) is 3.08. The maximum absolute atomic E-state index is 5.70. The first-order valence-electron chi connectivity index (χ1n) is 6.38. The monoisotopic (exact) mass is 240 g/mol. The molecule has 0 bridgehead atoms. The van der Waals surface area contributed by atoms with Gasteiger partial charge in [0.1, 0.15) is 0 Å². The van der Waals surface area contributed by atoms with Crippen LogP contribution < -0.4 is 5.73 Å². The SMILES string of the molecule is CCN(Cc1ccccc1)Cc1ccc(N)cc1. The fourth-order valence-corrected chi connectivity index (χ4v) is 2.00. The Bertz CT molecular complexity index is 462. The van der Waals surface area contributed by atoms with Crippen molar-refractivity contribution in [1.82, 2.24) is 4.90 Å². The molecule has 2 heteroatoms. The van der Waals surface area contributed by atoms with Crippen LogP contribution in [0.3, 0.4) is 0 Å². The lowest BCUT2D eigenvalue weighted by Crippen LogP contribution is -2.22. The van der Waals surface area contributed by atoms with Crippen LogP contribution in [0, 0.1) is 0 Å². The molecule has 0 unspecified atom stereocenters. The zero-order valence-corrected chi connectivity index (χ0v) is 10.8. The van der Waals surface area contributed by atoms with Gasteiger partial charge in [0, 0.05) is 18.8 Å². The number of hydrogen-bond acceptors (Lipinski definition) is 2. The quantitative estimate of drug-likeness (QED) is 0.813. The Morgan fingerprint density at radius 3 is 1.94 bits per heavy atom. The number of rotatable bonds is 5. The van der Waals surface area contributed by atoms with Crippen molar-refractivity contribution in [2.24, 2.45) is 0 Å². The van der Waals surface area contributed by atoms with Crippen molar-refractivity contribution in [3.05, 3.63) is 65.7 Å². The van der Waals surface area contributed by atoms with Crippen LogP contribution in [-0.4, -0.2) is 11.4 Å². The summed E-state index contributed by atoms with van der Waals surface area (Å²) >= 11 is 0. The van der Waals surface area contributed by atoms with Crippen LogP contribution in [0.2, 0.25) is 0 Å². The van der Waals surface area contributed by atoms with Crippen LogP contribution in [0.1, 0.15) is 18.1 Å². The summed E-state index contributed by atoms with van der Waals surface area (Å²) in [4.78, 5) is 2.42. The molecule has 0 atom stereocenters. The summed E-state index contributed by atoms with van der Waals surface area (Å²) in [5.41, 5.74) is 9.19. The van der Waals surface area contributed by atoms with Gasteiger partial charge in [0.05, 0.1) is 0 Å². The third kappa shape index (κ3) is 3.60. The second-order valence-corrected chi connectivity index (χ2v) is 4.53. The fourth-order valence-electron chi connectivity index (χ4n) is 2.00. The molecule has 0 fully saturated rings. The highest BCUT2D eigenvalue weighted by molar-refractivity contribution is 5.39. The highest BCUT2D eigenvalue weighted by atomic mass is 15.1. The molecule has 0 saturated carbocycles. The molecule has 0 amide bonds. The van der Waals surface area contributed by atoms with Gasteiger partial charge in [-0.1, -0.05) is 49.4 Å². The van der Waals surface area contributed by atoms with E-state index in [0.717, 1.165) is 25.3 Å². The van der Waals surface area contributed by atoms with E-state index in [9.17, 15) is 0 Å². The van der Waals surface area contributed by atoms with E-state index in [1.165, 1.54) is 11.1 Å². The van der Waals surface area contributed by atoms with Crippen molar-refractivity contribution in [1.29, 1.82) is 0 Å². The van der Waals surface area contributed by atoms with E-state index in [1.807, 2.05) is 12.1 Å². The molecule has 0 aliphatic carbocycles. The van der Waals surface area contributed by atoms with Crippen molar-refractivity contribution in [2.75, 3.05) is 12.3 Å². The van der Waals surface area contributed by atoms with Crippen LogP contribution in [-0.2, 0) is 13.1 Å². The molecule has 2 aromatic rings. The van der Waals surface area contributed by atoms with E-state index in [0.29, 0.717) is 0 Å². The van der Waals surface area contributed by atoms with Crippen LogP contribution in [0.25, 0.3) is 0 Å². The summed E-state index contributed by atoms with van der Waals surface area (Å²) in [5, 5.41) is 0. The predicted octanol–water partition coefficient (Wildman–Crippen LogP) is 3.29. The van der Waals surface area contributed by atoms with Gasteiger partial charge in [0.15, 0.2) is 0 Å². The topological polar surface area (TPSA) is 29.3 Å². The molecule has 0 heterocycles. The predicted molar refractivity (Wildman–Crippen MR) is 77.1 cm³/mol. The maximum Gasteiger partial charge on any atom is 0.0314 e. The number of nitrogen functional groups attached to an aromatic ring is 1. The first-order valence-corrected chi connectivity index (χ1v) is 6.38. The molecular formula is C16H20N2. The molecule has 2 N–H and O–H groups in total. The number of nitrogens with two attached hydrogens (primary N) is 1. The molecule has 0 saturated heterocycles. The number of anilines is 1. The Labute approximate surface area is 109 Å². The highest BCUT2D eigenvalue weighted by Crippen LogP contribution is 2.11. The fraction of sp³-hybridized carbons (Fsp3) is 0.250. The molecule has 18 heavy (non-hydrogen) atoms. The second kappa shape index (κ2) is 6.22. The molecule has 0 spiro atoms. The van der Waals surface area contributed by atoms with Gasteiger partial charge in [-0.15, -0.1) is 0 Å². The standard InChI is InChI=1S/C16H20N2/c1-2-18(12-14-6-4-3-5-7-14)13-15-8-10-16(17)11-9-15/h3-11H,2,12-13,17H2,1H3. The summed E-state index contributed by atoms with van der Waals surface area (Å²) < 4.78 is 0. The van der Waals surface area contributed by atoms with Gasteiger partial charge in [-0.25, -0.2) is 0 Å². The number of nitrogens with zero attached hydrogens (tertiary/aromatic N) is 1. The largest absolute Gasteiger partial charge is 0.399 e. The molecule has 0 radical (unpaired) electrons. The Kier molecular flexibility index (Phi) is 4.37. The Hall–Kier alpha value is -1.80. The smallest absolute Gasteiger partial charge is 0.0314 e. The molecular weight excluding hydrogens is 220 g/mol. The lowest BCUT2D eigenvalue weighted by molar-refractivity contribution is 0.271. The Morgan fingerprint density at radius 2 is 1.39 bits per heavy atom. The summed E-state index contributed by atoms with van der Waals surface area (Å²) in [6.45, 7) is 5.19. The van der Waals surface area contributed by atoms with Crippen LogP contribution >= 0.6 is 0 Å². The first kappa shape index (κ1) is 12.7. The van der Waals surface area contributed by atoms with E-state index in [1.54, 1.807) is 0 Å². The summed E-state index contributed by atoms with van der Waals surface area (Å²) in [6.07, 6.45) is 0. The minimum atomic E-state index is 0.824. The molecule has 0 aromatic heterocycles. The van der Waals surface area contributed by atoms with Crippen molar-refractivity contribution >= 4 is 5.69 Å². The third-order valence-corrected chi connectivity index (χ3v) is 3.08. The number of hydrogen-bond donors (Lipinski definition) is 1. The van der Waals surface area contributed by atoms with E-state index < -0.39 is 0 Å². The van der Waals surface area contributed by atoms with Gasteiger partial charge in [-0.2, -0.15) is 0 Å². The summed E-state index contributed by atoms with van der Waals surface area (Å²) in [7, 11) is 0. The molecule has 2 aromatic carbocycles. The van der Waals surface area contributed by atoms with E-state index in [-0.39, 0.29) is 0 Å². The van der Waals surface area contributed by atoms with Gasteiger partial charge in [0.25, 0.3) is 0 Å². The second-order valence-electron chi connectivity index (χ2n) is 4.53. The molecule has 0 aliphatic rings. The van der Waals surface area contributed by atoms with Gasteiger partial charge in [-0.05, 0) is 29.8 Å². The van der Waals surface area contributed by atoms with Crippen molar-refractivity contribution in [2.45, 2.75) is 20.0 Å². The van der Waals surface area contributed by atoms with Crippen molar-refractivity contribution < 1.29 is 0 Å². The Morgan fingerprint density at radius 1 is 0.833 bits per heavy atom. The van der Waals surface area contributed by atoms with Crippen LogP contribution in [0.4, 0.5) is 5.69 Å². The van der Waals surface area contributed by atoms with Gasteiger partial charge < -0.3 is 5.73 Å². The first-order chi connectivity index (χ1) is 8.78. The average Bonchev–Trinajstić information content (AvgIpc) is 2.41. The zero-order chi connectivity index (χ0) is 12.8. The summed E-state index contributed by atoms with van der Waals surface area (Å²) in [5.74, 6) is 0. The van der Waals surface area contributed by atoms with E-state index in [2.05, 4.69) is 54.3 Å². The number of benzene rings is 2. The normalized spacial score (nSPS) is 10.8. The molecule has 2 rings (SSSR count). The minimum absolute atomic E-state index is 0.824. The lowest BCUT2D eigenvalue weighted by Gasteiger charge is -2.20. The minimum Gasteiger partial charge on any atom is -0.399 e. The maximum atomic E-state index is 5.70. The molecule has 0 aliphatic heterocycles. The summed E-state index contributed by atoms with van der Waals surface area (Å²) in [6, 6.07) is 18.7. The molecule has 94 valence electrons. The van der Waals surface area contributed by atoms with Crippen LogP contribution in [0.5, 0.6) is 0 Å². The molecule has 2 nitrogen and oxygen atoms in total. The van der Waals surface area contributed by atoms with Gasteiger partial charge in [-0.3, -0.25) is 4.90 Å².